The molecule has 0 aliphatic rings. The first-order valence-corrected chi connectivity index (χ1v) is 10.9. The third-order valence-electron chi connectivity index (χ3n) is 6.12. The van der Waals surface area contributed by atoms with E-state index < -0.39 is 65.3 Å². The molecule has 0 aliphatic heterocycles. The smallest absolute Gasteiger partial charge is 0.427 e. The van der Waals surface area contributed by atoms with Gasteiger partial charge in [0.2, 0.25) is 0 Å². The van der Waals surface area contributed by atoms with Crippen molar-refractivity contribution in [3.63, 3.8) is 0 Å². The molecule has 2 atom stereocenters. The summed E-state index contributed by atoms with van der Waals surface area (Å²) >= 11 is 0. The Hall–Kier alpha value is -3.04. The zero-order chi connectivity index (χ0) is 31.2. The molecule has 2 rings (SSSR count). The highest BCUT2D eigenvalue weighted by molar-refractivity contribution is 5.69. The van der Waals surface area contributed by atoms with E-state index in [0.717, 1.165) is 38.1 Å². The van der Waals surface area contributed by atoms with Crippen LogP contribution in [0.1, 0.15) is 37.3 Å². The van der Waals surface area contributed by atoms with Crippen molar-refractivity contribution in [3.05, 3.63) is 65.7 Å². The third-order valence-corrected chi connectivity index (χ3v) is 6.12. The second-order valence-corrected chi connectivity index (χ2v) is 8.85. The van der Waals surface area contributed by atoms with Gasteiger partial charge in [-0.1, -0.05) is 49.4 Å². The predicted octanol–water partition coefficient (Wildman–Crippen LogP) is 7.73. The van der Waals surface area contributed by atoms with Crippen molar-refractivity contribution in [2.24, 2.45) is 0 Å². The lowest BCUT2D eigenvalue weighted by atomic mass is 9.73. The summed E-state index contributed by atoms with van der Waals surface area (Å²) in [5, 5.41) is 11.3. The highest BCUT2D eigenvalue weighted by atomic mass is 19.4. The van der Waals surface area contributed by atoms with Gasteiger partial charge in [0, 0.05) is 12.8 Å². The number of alkyl halides is 13. The van der Waals surface area contributed by atoms with Crippen LogP contribution in [0, 0.1) is 0 Å². The molecule has 224 valence electrons. The fourth-order valence-corrected chi connectivity index (χ4v) is 3.75. The summed E-state index contributed by atoms with van der Waals surface area (Å²) in [6, 6.07) is 9.51. The van der Waals surface area contributed by atoms with Gasteiger partial charge in [-0.15, -0.1) is 0 Å². The number of hydrogen-bond donors (Lipinski definition) is 1. The standard InChI is InChI=1S/C24H19F13O3/c1-13(15-6-4-3-5-7-15)18(39,16-8-10-17(11-9-16)40-14(2)38)12-19(25,26)20(27,28)21(29,30)22(31,32)23(33,34)24(35,36)37/h3-11,13,39H,12H2,1-2H3. The van der Waals surface area contributed by atoms with E-state index in [1.54, 1.807) is 0 Å². The maximum atomic E-state index is 14.9. The fraction of sp³-hybridized carbons (Fsp3) is 0.458. The second kappa shape index (κ2) is 10.4. The van der Waals surface area contributed by atoms with Crippen LogP contribution in [0.2, 0.25) is 0 Å². The molecule has 0 radical (unpaired) electrons. The molecule has 0 spiro atoms. The normalized spacial score (nSPS) is 16.3. The van der Waals surface area contributed by atoms with Crippen molar-refractivity contribution in [3.8, 4) is 5.75 Å². The second-order valence-electron chi connectivity index (χ2n) is 8.85. The first-order valence-electron chi connectivity index (χ1n) is 10.9. The Morgan fingerprint density at radius 2 is 1.18 bits per heavy atom. The van der Waals surface area contributed by atoms with Gasteiger partial charge in [-0.05, 0) is 23.3 Å². The molecule has 0 amide bonds. The average molecular weight is 602 g/mol. The van der Waals surface area contributed by atoms with E-state index in [1.807, 2.05) is 0 Å². The zero-order valence-electron chi connectivity index (χ0n) is 20.2. The Labute approximate surface area is 217 Å². The highest BCUT2D eigenvalue weighted by Crippen LogP contribution is 2.62. The number of ether oxygens (including phenoxy) is 1. The molecular formula is C24H19F13O3. The molecule has 0 saturated heterocycles. The Kier molecular flexibility index (Phi) is 8.64. The molecule has 0 aromatic heterocycles. The summed E-state index contributed by atoms with van der Waals surface area (Å²) in [6.07, 6.45) is -10.4. The summed E-state index contributed by atoms with van der Waals surface area (Å²) in [5.74, 6) is -40.9. The van der Waals surface area contributed by atoms with Gasteiger partial charge in [-0.3, -0.25) is 4.79 Å². The summed E-state index contributed by atoms with van der Waals surface area (Å²) in [4.78, 5) is 11.1. The van der Waals surface area contributed by atoms with Gasteiger partial charge in [0.15, 0.2) is 0 Å². The number of rotatable bonds is 10. The van der Waals surface area contributed by atoms with E-state index in [4.69, 9.17) is 0 Å². The molecule has 40 heavy (non-hydrogen) atoms. The molecule has 2 aromatic carbocycles. The van der Waals surface area contributed by atoms with Crippen LogP contribution in [0.5, 0.6) is 5.75 Å². The van der Waals surface area contributed by atoms with Crippen LogP contribution in [0.4, 0.5) is 57.1 Å². The van der Waals surface area contributed by atoms with Crippen molar-refractivity contribution in [1.82, 2.24) is 0 Å². The van der Waals surface area contributed by atoms with Crippen molar-refractivity contribution >= 4 is 5.97 Å². The first-order chi connectivity index (χ1) is 17.9. The number of halogens is 13. The van der Waals surface area contributed by atoms with Gasteiger partial charge < -0.3 is 9.84 Å². The minimum Gasteiger partial charge on any atom is -0.427 e. The van der Waals surface area contributed by atoms with Crippen LogP contribution in [0.25, 0.3) is 0 Å². The van der Waals surface area contributed by atoms with Crippen LogP contribution >= 0.6 is 0 Å². The summed E-state index contributed by atoms with van der Waals surface area (Å²) in [6.45, 7) is 1.90. The molecule has 0 fully saturated rings. The maximum absolute atomic E-state index is 14.9. The van der Waals surface area contributed by atoms with E-state index in [1.165, 1.54) is 30.3 Å². The van der Waals surface area contributed by atoms with Crippen LogP contribution in [-0.4, -0.2) is 46.9 Å². The average Bonchev–Trinajstić information content (AvgIpc) is 2.82. The fourth-order valence-electron chi connectivity index (χ4n) is 3.75. The molecule has 2 aromatic rings. The topological polar surface area (TPSA) is 46.5 Å². The molecule has 1 N–H and O–H groups in total. The summed E-state index contributed by atoms with van der Waals surface area (Å²) < 4.78 is 182. The van der Waals surface area contributed by atoms with Crippen LogP contribution < -0.4 is 4.74 Å². The first kappa shape index (κ1) is 33.2. The van der Waals surface area contributed by atoms with Gasteiger partial charge in [0.1, 0.15) is 11.4 Å². The van der Waals surface area contributed by atoms with E-state index >= 15 is 0 Å². The predicted molar refractivity (Wildman–Crippen MR) is 112 cm³/mol. The Bertz CT molecular complexity index is 1180. The molecule has 0 aliphatic carbocycles. The molecule has 3 nitrogen and oxygen atoms in total. The number of aliphatic hydroxyl groups is 1. The Balaban J connectivity index is 2.68. The largest absolute Gasteiger partial charge is 0.460 e. The van der Waals surface area contributed by atoms with Gasteiger partial charge in [-0.25, -0.2) is 0 Å². The molecule has 0 bridgehead atoms. The molecular weight excluding hydrogens is 583 g/mol. The van der Waals surface area contributed by atoms with Crippen molar-refractivity contribution in [2.45, 2.75) is 67.6 Å². The number of benzene rings is 2. The highest BCUT2D eigenvalue weighted by Gasteiger charge is 2.90. The van der Waals surface area contributed by atoms with E-state index in [9.17, 15) is 67.0 Å². The molecule has 0 saturated carbocycles. The van der Waals surface area contributed by atoms with E-state index in [2.05, 4.69) is 4.74 Å². The lowest BCUT2D eigenvalue weighted by molar-refractivity contribution is -0.441. The van der Waals surface area contributed by atoms with Gasteiger partial charge in [-0.2, -0.15) is 57.1 Å². The summed E-state index contributed by atoms with van der Waals surface area (Å²) in [5.41, 5.74) is -4.21. The van der Waals surface area contributed by atoms with Crippen LogP contribution in [-0.2, 0) is 10.4 Å². The lowest BCUT2D eigenvalue weighted by Gasteiger charge is -2.43. The third kappa shape index (κ3) is 5.46. The van der Waals surface area contributed by atoms with Crippen LogP contribution in [0.15, 0.2) is 54.6 Å². The number of esters is 1. The molecule has 0 heterocycles. The lowest BCUT2D eigenvalue weighted by Crippen LogP contribution is -2.70. The van der Waals surface area contributed by atoms with E-state index in [-0.39, 0.29) is 11.3 Å². The SMILES string of the molecule is CC(=O)Oc1ccc(C(O)(CC(F)(F)C(F)(F)C(F)(F)C(F)(F)C(F)(F)C(F)(F)F)C(C)c2ccccc2)cc1. The number of carbonyl (C=O) groups excluding carboxylic acids is 1. The summed E-state index contributed by atoms with van der Waals surface area (Å²) in [7, 11) is 0. The Morgan fingerprint density at radius 1 is 0.725 bits per heavy atom. The maximum Gasteiger partial charge on any atom is 0.460 e. The Morgan fingerprint density at radius 3 is 1.60 bits per heavy atom. The molecule has 16 heteroatoms. The minimum atomic E-state index is -8.06. The zero-order valence-corrected chi connectivity index (χ0v) is 20.2. The van der Waals surface area contributed by atoms with Crippen LogP contribution in [0.3, 0.4) is 0 Å². The van der Waals surface area contributed by atoms with Crippen molar-refractivity contribution in [2.75, 3.05) is 0 Å². The van der Waals surface area contributed by atoms with Crippen molar-refractivity contribution in [1.29, 1.82) is 0 Å². The molecule has 2 unspecified atom stereocenters. The van der Waals surface area contributed by atoms with Crippen molar-refractivity contribution < 1.29 is 71.7 Å². The van der Waals surface area contributed by atoms with E-state index in [0.29, 0.717) is 0 Å². The van der Waals surface area contributed by atoms with Gasteiger partial charge in [0.05, 0.1) is 6.42 Å². The quantitative estimate of drug-likeness (QED) is 0.172. The minimum absolute atomic E-state index is 0.0890. The van der Waals surface area contributed by atoms with Gasteiger partial charge >= 0.3 is 41.8 Å². The number of hydrogen-bond acceptors (Lipinski definition) is 3. The monoisotopic (exact) mass is 602 g/mol. The van der Waals surface area contributed by atoms with Gasteiger partial charge in [0.25, 0.3) is 0 Å². The number of carbonyl (C=O) groups is 1.